The highest BCUT2D eigenvalue weighted by molar-refractivity contribution is 9.10. The van der Waals surface area contributed by atoms with E-state index in [-0.39, 0.29) is 12.4 Å². The van der Waals surface area contributed by atoms with E-state index in [2.05, 4.69) is 21.2 Å². The van der Waals surface area contributed by atoms with Crippen molar-refractivity contribution in [2.75, 3.05) is 11.9 Å². The molecule has 0 unspecified atom stereocenters. The van der Waals surface area contributed by atoms with Crippen molar-refractivity contribution >= 4 is 27.5 Å². The molecule has 0 spiro atoms. The number of benzene rings is 2. The van der Waals surface area contributed by atoms with E-state index < -0.39 is 11.7 Å². The lowest BCUT2D eigenvalue weighted by Gasteiger charge is -2.08. The quantitative estimate of drug-likeness (QED) is 0.919. The van der Waals surface area contributed by atoms with E-state index in [0.29, 0.717) is 15.7 Å². The normalized spacial score (nSPS) is 9.76. The first kappa shape index (κ1) is 15.0. The van der Waals surface area contributed by atoms with Gasteiger partial charge in [0.25, 0.3) is 5.91 Å². The van der Waals surface area contributed by atoms with Gasteiger partial charge in [-0.3, -0.25) is 4.79 Å². The monoisotopic (exact) mass is 348 g/mol. The Morgan fingerprint density at radius 3 is 2.86 bits per heavy atom. The number of anilines is 1. The van der Waals surface area contributed by atoms with E-state index in [1.54, 1.807) is 30.3 Å². The van der Waals surface area contributed by atoms with Crippen LogP contribution in [0.3, 0.4) is 0 Å². The van der Waals surface area contributed by atoms with E-state index in [0.717, 1.165) is 0 Å². The van der Waals surface area contributed by atoms with Crippen LogP contribution in [0, 0.1) is 17.1 Å². The molecule has 2 rings (SSSR count). The third-order valence-corrected chi connectivity index (χ3v) is 2.94. The number of carbonyl (C=O) groups is 1. The molecule has 0 radical (unpaired) electrons. The summed E-state index contributed by atoms with van der Waals surface area (Å²) in [6.07, 6.45) is 0. The number of hydrogen-bond acceptors (Lipinski definition) is 3. The second-order valence-corrected chi connectivity index (χ2v) is 5.05. The van der Waals surface area contributed by atoms with Crippen molar-refractivity contribution in [3.05, 3.63) is 58.3 Å². The van der Waals surface area contributed by atoms with E-state index in [4.69, 9.17) is 10.00 Å². The Kier molecular flexibility index (Phi) is 4.90. The molecule has 1 N–H and O–H groups in total. The maximum Gasteiger partial charge on any atom is 0.262 e. The van der Waals surface area contributed by atoms with E-state index in [1.165, 1.54) is 12.1 Å². The largest absolute Gasteiger partial charge is 0.484 e. The Bertz CT molecular complexity index is 693. The fourth-order valence-corrected chi connectivity index (χ4v) is 2.07. The minimum atomic E-state index is -0.457. The van der Waals surface area contributed by atoms with Crippen molar-refractivity contribution in [2.45, 2.75) is 0 Å². The molecule has 0 atom stereocenters. The maximum atomic E-state index is 13.1. The molecule has 0 aromatic heterocycles. The molecule has 0 heterocycles. The molecule has 2 aromatic carbocycles. The summed E-state index contributed by atoms with van der Waals surface area (Å²) in [5, 5.41) is 11.4. The maximum absolute atomic E-state index is 13.1. The lowest BCUT2D eigenvalue weighted by atomic mass is 10.2. The topological polar surface area (TPSA) is 62.1 Å². The molecule has 106 valence electrons. The zero-order valence-electron chi connectivity index (χ0n) is 10.8. The van der Waals surface area contributed by atoms with E-state index >= 15 is 0 Å². The van der Waals surface area contributed by atoms with Crippen LogP contribution in [0.25, 0.3) is 0 Å². The predicted molar refractivity (Wildman–Crippen MR) is 79.4 cm³/mol. The fourth-order valence-electron chi connectivity index (χ4n) is 1.62. The van der Waals surface area contributed by atoms with Gasteiger partial charge in [-0.25, -0.2) is 4.39 Å². The summed E-state index contributed by atoms with van der Waals surface area (Å²) in [7, 11) is 0. The molecule has 4 nitrogen and oxygen atoms in total. The first-order valence-electron chi connectivity index (χ1n) is 5.96. The molecule has 6 heteroatoms. The van der Waals surface area contributed by atoms with Crippen LogP contribution < -0.4 is 10.1 Å². The van der Waals surface area contributed by atoms with Gasteiger partial charge in [-0.05, 0) is 30.3 Å². The Morgan fingerprint density at radius 2 is 2.14 bits per heavy atom. The fraction of sp³-hybridized carbons (Fsp3) is 0.0667. The van der Waals surface area contributed by atoms with Crippen molar-refractivity contribution in [3.63, 3.8) is 0 Å². The highest BCUT2D eigenvalue weighted by Gasteiger charge is 2.06. The molecule has 0 bridgehead atoms. The van der Waals surface area contributed by atoms with Gasteiger partial charge in [0.2, 0.25) is 0 Å². The van der Waals surface area contributed by atoms with Gasteiger partial charge in [0.05, 0.1) is 11.6 Å². The number of nitriles is 1. The Labute approximate surface area is 129 Å². The molecule has 0 aliphatic heterocycles. The van der Waals surface area contributed by atoms with Gasteiger partial charge >= 0.3 is 0 Å². The van der Waals surface area contributed by atoms with Crippen LogP contribution in [0.1, 0.15) is 5.56 Å². The number of halogens is 2. The molecular weight excluding hydrogens is 339 g/mol. The number of nitrogens with one attached hydrogen (secondary N) is 1. The Morgan fingerprint density at radius 1 is 1.33 bits per heavy atom. The zero-order valence-corrected chi connectivity index (χ0v) is 12.4. The standard InChI is InChI=1S/C15H10BrFN2O2/c16-11-5-12(17)7-14(6-11)21-9-15(20)19-13-3-1-2-10(4-13)8-18/h1-7H,9H2,(H,19,20). The minimum absolute atomic E-state index is 0.253. The third kappa shape index (κ3) is 4.58. The SMILES string of the molecule is N#Cc1cccc(NC(=O)COc2cc(F)cc(Br)c2)c1. The van der Waals surface area contributed by atoms with Crippen molar-refractivity contribution in [1.29, 1.82) is 5.26 Å². The van der Waals surface area contributed by atoms with E-state index in [1.807, 2.05) is 6.07 Å². The molecule has 21 heavy (non-hydrogen) atoms. The van der Waals surface area contributed by atoms with Crippen molar-refractivity contribution in [1.82, 2.24) is 0 Å². The molecule has 0 saturated carbocycles. The van der Waals surface area contributed by atoms with Gasteiger partial charge in [-0.1, -0.05) is 22.0 Å². The van der Waals surface area contributed by atoms with Crippen LogP contribution in [0.4, 0.5) is 10.1 Å². The number of nitrogens with zero attached hydrogens (tertiary/aromatic N) is 1. The third-order valence-electron chi connectivity index (χ3n) is 2.48. The molecule has 2 aromatic rings. The summed E-state index contributed by atoms with van der Waals surface area (Å²) in [5.41, 5.74) is 0.950. The van der Waals surface area contributed by atoms with Crippen molar-refractivity contribution in [3.8, 4) is 11.8 Å². The average Bonchev–Trinajstić information content (AvgIpc) is 2.44. The number of ether oxygens (including phenoxy) is 1. The number of rotatable bonds is 4. The van der Waals surface area contributed by atoms with Gasteiger partial charge in [0.1, 0.15) is 11.6 Å². The summed E-state index contributed by atoms with van der Waals surface area (Å²) in [5.74, 6) is -0.602. The number of amides is 1. The lowest BCUT2D eigenvalue weighted by Crippen LogP contribution is -2.20. The molecule has 1 amide bonds. The van der Waals surface area contributed by atoms with Gasteiger partial charge in [-0.2, -0.15) is 5.26 Å². The van der Waals surface area contributed by atoms with Crippen LogP contribution >= 0.6 is 15.9 Å². The first-order chi connectivity index (χ1) is 10.1. The molecule has 0 saturated heterocycles. The van der Waals surface area contributed by atoms with Gasteiger partial charge < -0.3 is 10.1 Å². The molecule has 0 aliphatic carbocycles. The summed E-state index contributed by atoms with van der Waals surface area (Å²) in [4.78, 5) is 11.7. The Balaban J connectivity index is 1.94. The summed E-state index contributed by atoms with van der Waals surface area (Å²) < 4.78 is 18.9. The number of carbonyl (C=O) groups excluding carboxylic acids is 1. The highest BCUT2D eigenvalue weighted by Crippen LogP contribution is 2.20. The average molecular weight is 349 g/mol. The second kappa shape index (κ2) is 6.86. The van der Waals surface area contributed by atoms with Crippen LogP contribution in [-0.2, 0) is 4.79 Å². The van der Waals surface area contributed by atoms with Gasteiger partial charge in [0, 0.05) is 16.2 Å². The molecule has 0 aliphatic rings. The zero-order chi connectivity index (χ0) is 15.2. The van der Waals surface area contributed by atoms with Crippen molar-refractivity contribution in [2.24, 2.45) is 0 Å². The molecule has 0 fully saturated rings. The van der Waals surface area contributed by atoms with Crippen molar-refractivity contribution < 1.29 is 13.9 Å². The minimum Gasteiger partial charge on any atom is -0.484 e. The highest BCUT2D eigenvalue weighted by atomic mass is 79.9. The van der Waals surface area contributed by atoms with E-state index in [9.17, 15) is 9.18 Å². The van der Waals surface area contributed by atoms with Gasteiger partial charge in [0.15, 0.2) is 6.61 Å². The smallest absolute Gasteiger partial charge is 0.262 e. The van der Waals surface area contributed by atoms with Crippen LogP contribution in [0.2, 0.25) is 0 Å². The van der Waals surface area contributed by atoms with Gasteiger partial charge in [-0.15, -0.1) is 0 Å². The summed E-state index contributed by atoms with van der Waals surface area (Å²) in [6, 6.07) is 12.5. The predicted octanol–water partition coefficient (Wildman–Crippen LogP) is 3.48. The van der Waals surface area contributed by atoms with Crippen LogP contribution in [0.15, 0.2) is 46.9 Å². The summed E-state index contributed by atoms with van der Waals surface area (Å²) >= 11 is 3.14. The Hall–Kier alpha value is -2.39. The second-order valence-electron chi connectivity index (χ2n) is 4.13. The lowest BCUT2D eigenvalue weighted by molar-refractivity contribution is -0.118. The number of hydrogen-bond donors (Lipinski definition) is 1. The molecular formula is C15H10BrFN2O2. The van der Waals surface area contributed by atoms with Crippen LogP contribution in [-0.4, -0.2) is 12.5 Å². The summed E-state index contributed by atoms with van der Waals surface area (Å²) in [6.45, 7) is -0.257. The first-order valence-corrected chi connectivity index (χ1v) is 6.75. The van der Waals surface area contributed by atoms with Crippen LogP contribution in [0.5, 0.6) is 5.75 Å².